The van der Waals surface area contributed by atoms with Crippen LogP contribution in [-0.2, 0) is 22.4 Å². The molecule has 0 radical (unpaired) electrons. The average Bonchev–Trinajstić information content (AvgIpc) is 3.26. The first kappa shape index (κ1) is 59.6. The summed E-state index contributed by atoms with van der Waals surface area (Å²) in [4.78, 5) is 0. The molecule has 0 aromatic heterocycles. The van der Waals surface area contributed by atoms with Crippen molar-refractivity contribution in [2.45, 2.75) is 245 Å². The average molecular weight is 993 g/mol. The topological polar surface area (TPSA) is 69.9 Å². The second kappa shape index (κ2) is 25.1. The van der Waals surface area contributed by atoms with Crippen molar-refractivity contribution >= 4 is 43.6 Å². The standard InChI is InChI=1S/C57H101NO5Si4/c1-21-64(22-2,23-3)63-57(43-58,56(19,20)36-30-37-59-65(44(4)5,45(6)7)46(8)9)41-51-39-50(40-52(62-51)42-61-66(47(10)11,48(12)13)49(14)15)35-38-60-67(55(16,17)18,53-31-26-24-27-32-53)54-33-28-25-29-34-54/h24-29,31-35,44-49,51-52H,21-23,30,36-42H2,1-20H3/b50-35-/t51-,52+,57?/m0/s1. The Hall–Kier alpha value is -1.66. The third kappa shape index (κ3) is 13.3. The fraction of sp³-hybridized carbons (Fsp3) is 0.737. The Labute approximate surface area is 417 Å². The minimum absolute atomic E-state index is 0.127. The van der Waals surface area contributed by atoms with Gasteiger partial charge >= 0.3 is 0 Å². The molecule has 380 valence electrons. The Morgan fingerprint density at radius 1 is 0.642 bits per heavy atom. The lowest BCUT2D eigenvalue weighted by Crippen LogP contribution is -2.66. The fourth-order valence-corrected chi connectivity index (χ4v) is 31.5. The number of ether oxygens (including phenoxy) is 1. The Balaban J connectivity index is 2.15. The molecule has 1 unspecified atom stereocenters. The van der Waals surface area contributed by atoms with Crippen LogP contribution in [0.2, 0.25) is 56.4 Å². The molecule has 1 fully saturated rings. The maximum atomic E-state index is 11.8. The van der Waals surface area contributed by atoms with E-state index in [2.05, 4.69) is 211 Å². The lowest BCUT2D eigenvalue weighted by molar-refractivity contribution is -0.103. The maximum Gasteiger partial charge on any atom is 0.261 e. The zero-order chi connectivity index (χ0) is 50.6. The zero-order valence-electron chi connectivity index (χ0n) is 46.7. The van der Waals surface area contributed by atoms with Crippen LogP contribution in [0.25, 0.3) is 0 Å². The molecule has 2 aromatic carbocycles. The van der Waals surface area contributed by atoms with Crippen molar-refractivity contribution in [3.05, 3.63) is 72.3 Å². The highest BCUT2D eigenvalue weighted by Crippen LogP contribution is 2.49. The largest absolute Gasteiger partial charge is 0.416 e. The summed E-state index contributed by atoms with van der Waals surface area (Å²) in [5.41, 5.74) is 2.81. The minimum atomic E-state index is -2.76. The Morgan fingerprint density at radius 3 is 1.48 bits per heavy atom. The van der Waals surface area contributed by atoms with E-state index >= 15 is 0 Å². The summed E-state index contributed by atoms with van der Waals surface area (Å²) in [7, 11) is -9.26. The molecule has 1 aliphatic rings. The van der Waals surface area contributed by atoms with E-state index in [1.54, 1.807) is 0 Å². The van der Waals surface area contributed by atoms with Crippen molar-refractivity contribution in [2.24, 2.45) is 5.41 Å². The van der Waals surface area contributed by atoms with Crippen LogP contribution >= 0.6 is 0 Å². The molecule has 3 rings (SSSR count). The van der Waals surface area contributed by atoms with Crippen LogP contribution in [0.4, 0.5) is 0 Å². The van der Waals surface area contributed by atoms with Gasteiger partial charge in [-0.25, -0.2) is 0 Å². The van der Waals surface area contributed by atoms with Crippen molar-refractivity contribution in [3.63, 3.8) is 0 Å². The van der Waals surface area contributed by atoms with E-state index in [9.17, 15) is 5.26 Å². The number of hydrogen-bond donors (Lipinski definition) is 0. The third-order valence-corrected chi connectivity index (χ3v) is 38.6. The zero-order valence-corrected chi connectivity index (χ0v) is 50.7. The third-order valence-electron chi connectivity index (χ3n) is 16.8. The summed E-state index contributed by atoms with van der Waals surface area (Å²) in [6, 6.07) is 27.8. The monoisotopic (exact) mass is 992 g/mol. The molecule has 1 saturated heterocycles. The molecule has 10 heteroatoms. The Morgan fingerprint density at radius 2 is 1.07 bits per heavy atom. The quantitative estimate of drug-likeness (QED) is 0.0505. The van der Waals surface area contributed by atoms with Gasteiger partial charge in [-0.15, -0.1) is 0 Å². The van der Waals surface area contributed by atoms with E-state index in [-0.39, 0.29) is 17.2 Å². The van der Waals surface area contributed by atoms with Gasteiger partial charge in [0.25, 0.3) is 8.32 Å². The van der Waals surface area contributed by atoms with Gasteiger partial charge in [0.1, 0.15) is 0 Å². The smallest absolute Gasteiger partial charge is 0.261 e. The molecule has 0 bridgehead atoms. The highest BCUT2D eigenvalue weighted by molar-refractivity contribution is 6.99. The van der Waals surface area contributed by atoms with E-state index < -0.39 is 44.3 Å². The summed E-state index contributed by atoms with van der Waals surface area (Å²) in [5.74, 6) is 0. The van der Waals surface area contributed by atoms with Gasteiger partial charge in [0.05, 0.1) is 31.5 Å². The van der Waals surface area contributed by atoms with Crippen molar-refractivity contribution < 1.29 is 22.4 Å². The summed E-state index contributed by atoms with van der Waals surface area (Å²) in [6.07, 6.45) is 5.77. The molecule has 2 aromatic rings. The molecule has 1 aliphatic heterocycles. The van der Waals surface area contributed by atoms with E-state index in [1.165, 1.54) is 15.9 Å². The highest BCUT2D eigenvalue weighted by atomic mass is 28.4. The van der Waals surface area contributed by atoms with Crippen molar-refractivity contribution in [2.75, 3.05) is 19.8 Å². The molecule has 67 heavy (non-hydrogen) atoms. The second-order valence-corrected chi connectivity index (χ2v) is 43.8. The molecule has 0 aliphatic carbocycles. The minimum Gasteiger partial charge on any atom is -0.416 e. The Bertz CT molecular complexity index is 1740. The van der Waals surface area contributed by atoms with Crippen LogP contribution in [0.15, 0.2) is 72.3 Å². The van der Waals surface area contributed by atoms with Gasteiger partial charge in [-0.1, -0.05) is 211 Å². The van der Waals surface area contributed by atoms with Gasteiger partial charge in [-0.05, 0) is 92.5 Å². The lowest BCUT2D eigenvalue weighted by atomic mass is 9.69. The summed E-state index contributed by atoms with van der Waals surface area (Å²) in [5, 5.41) is 14.2. The molecule has 3 atom stereocenters. The van der Waals surface area contributed by atoms with E-state index in [1.807, 2.05) is 0 Å². The first-order chi connectivity index (χ1) is 31.3. The molecule has 6 nitrogen and oxygen atoms in total. The van der Waals surface area contributed by atoms with E-state index in [4.69, 9.17) is 22.4 Å². The second-order valence-electron chi connectivity index (χ2n) is 23.9. The molecule has 0 spiro atoms. The highest BCUT2D eigenvalue weighted by Gasteiger charge is 2.54. The lowest BCUT2D eigenvalue weighted by Gasteiger charge is -2.50. The van der Waals surface area contributed by atoms with Gasteiger partial charge in [-0.2, -0.15) is 5.26 Å². The van der Waals surface area contributed by atoms with E-state index in [0.717, 1.165) is 43.8 Å². The number of benzene rings is 2. The van der Waals surface area contributed by atoms with Gasteiger partial charge < -0.3 is 22.4 Å². The molecular formula is C57H101NO5Si4. The molecule has 0 amide bonds. The Kier molecular flexibility index (Phi) is 22.4. The maximum absolute atomic E-state index is 11.8. The number of hydrogen-bond acceptors (Lipinski definition) is 6. The fourth-order valence-electron chi connectivity index (χ4n) is 13.0. The first-order valence-corrected chi connectivity index (χ1v) is 35.5. The summed E-state index contributed by atoms with van der Waals surface area (Å²) < 4.78 is 36.9. The van der Waals surface area contributed by atoms with Crippen molar-refractivity contribution in [1.29, 1.82) is 5.26 Å². The van der Waals surface area contributed by atoms with Crippen LogP contribution in [0.1, 0.15) is 171 Å². The van der Waals surface area contributed by atoms with Crippen LogP contribution in [0, 0.1) is 16.7 Å². The number of rotatable bonds is 27. The van der Waals surface area contributed by atoms with Gasteiger partial charge in [0.15, 0.2) is 30.6 Å². The molecule has 1 heterocycles. The predicted octanol–water partition coefficient (Wildman–Crippen LogP) is 15.9. The van der Waals surface area contributed by atoms with Crippen LogP contribution in [0.5, 0.6) is 0 Å². The number of nitriles is 1. The SMILES string of the molecule is CC[Si](CC)(CC)OC(C#N)(C[C@@H]1C/C(=C/CO[Si](c2ccccc2)(c2ccccc2)C(C)(C)C)C[C@H](CO[Si](C(C)C)(C(C)C)C(C)C)O1)C(C)(C)CCCO[Si](C(C)C)(C(C)C)C(C)C. The van der Waals surface area contributed by atoms with Crippen LogP contribution in [0.3, 0.4) is 0 Å². The predicted molar refractivity (Wildman–Crippen MR) is 298 cm³/mol. The number of nitrogens with zero attached hydrogens (tertiary/aromatic N) is 1. The van der Waals surface area contributed by atoms with Gasteiger partial charge in [-0.3, -0.25) is 0 Å². The van der Waals surface area contributed by atoms with Crippen molar-refractivity contribution in [1.82, 2.24) is 0 Å². The summed E-state index contributed by atoms with van der Waals surface area (Å²) in [6.45, 7) is 48.5. The van der Waals surface area contributed by atoms with Gasteiger partial charge in [0.2, 0.25) is 0 Å². The normalized spacial score (nSPS) is 18.8. The van der Waals surface area contributed by atoms with Gasteiger partial charge in [0, 0.05) is 18.4 Å². The molecule has 0 N–H and O–H groups in total. The molecular weight excluding hydrogens is 891 g/mol. The van der Waals surface area contributed by atoms with Crippen LogP contribution < -0.4 is 10.4 Å². The van der Waals surface area contributed by atoms with E-state index in [0.29, 0.717) is 59.5 Å². The van der Waals surface area contributed by atoms with Crippen molar-refractivity contribution in [3.8, 4) is 6.07 Å². The summed E-state index contributed by atoms with van der Waals surface area (Å²) >= 11 is 0. The first-order valence-electron chi connectivity index (χ1n) is 26.7. The van der Waals surface area contributed by atoms with Crippen LogP contribution in [-0.4, -0.2) is 70.9 Å². The molecule has 0 saturated carbocycles.